The van der Waals surface area contributed by atoms with Crippen molar-refractivity contribution in [3.63, 3.8) is 0 Å². The molecule has 0 saturated carbocycles. The standard InChI is InChI=1S/C3H10P2S2/c1-2-3-6-5-7-4/h5H,2-4H2,1H3. The Kier molecular flexibility index (Phi) is 9.24. The first-order chi connectivity index (χ1) is 3.41. The van der Waals surface area contributed by atoms with Crippen molar-refractivity contribution in [3.8, 4) is 0 Å². The van der Waals surface area contributed by atoms with E-state index >= 15 is 0 Å². The third-order valence-corrected chi connectivity index (χ3v) is 7.02. The van der Waals surface area contributed by atoms with E-state index in [1.165, 1.54) is 12.2 Å². The number of rotatable bonds is 4. The summed E-state index contributed by atoms with van der Waals surface area (Å²) in [5, 5.41) is 0. The second-order valence-electron chi connectivity index (χ2n) is 1.05. The predicted molar refractivity (Wildman–Crippen MR) is 48.4 cm³/mol. The summed E-state index contributed by atoms with van der Waals surface area (Å²) in [4.78, 5) is 0. The van der Waals surface area contributed by atoms with E-state index in [2.05, 4.69) is 15.4 Å². The molecule has 0 bridgehead atoms. The van der Waals surface area contributed by atoms with E-state index in [1.807, 2.05) is 22.4 Å². The third kappa shape index (κ3) is 7.56. The second kappa shape index (κ2) is 7.56. The lowest BCUT2D eigenvalue weighted by molar-refractivity contribution is 1.11. The van der Waals surface area contributed by atoms with Gasteiger partial charge in [-0.1, -0.05) is 15.4 Å². The lowest BCUT2D eigenvalue weighted by atomic mass is 10.6. The highest BCUT2D eigenvalue weighted by atomic mass is 33.2. The van der Waals surface area contributed by atoms with Crippen molar-refractivity contribution in [2.45, 2.75) is 13.3 Å². The molecule has 2 unspecified atom stereocenters. The van der Waals surface area contributed by atoms with Gasteiger partial charge in [-0.2, -0.15) is 0 Å². The first-order valence-corrected chi connectivity index (χ1v) is 7.87. The van der Waals surface area contributed by atoms with Gasteiger partial charge in [-0.15, -0.1) is 22.4 Å². The summed E-state index contributed by atoms with van der Waals surface area (Å²) in [6.45, 7) is 3.23. The fourth-order valence-electron chi connectivity index (χ4n) is 0.178. The zero-order valence-electron chi connectivity index (χ0n) is 4.31. The van der Waals surface area contributed by atoms with Crippen LogP contribution in [0.25, 0.3) is 0 Å². The average Bonchev–Trinajstić information content (AvgIpc) is 1.69. The molecule has 0 fully saturated rings. The van der Waals surface area contributed by atoms with Crippen molar-refractivity contribution < 1.29 is 0 Å². The van der Waals surface area contributed by atoms with Gasteiger partial charge in [0.25, 0.3) is 0 Å². The van der Waals surface area contributed by atoms with Gasteiger partial charge in [0.1, 0.15) is 0 Å². The van der Waals surface area contributed by atoms with Gasteiger partial charge < -0.3 is 0 Å². The molecule has 2 atom stereocenters. The molecule has 0 aliphatic heterocycles. The molecular formula is C3H10P2S2. The summed E-state index contributed by atoms with van der Waals surface area (Å²) in [5.41, 5.74) is 0. The number of hydrogen-bond donors (Lipinski definition) is 0. The van der Waals surface area contributed by atoms with Crippen LogP contribution in [-0.4, -0.2) is 5.75 Å². The summed E-state index contributed by atoms with van der Waals surface area (Å²) in [7, 11) is 2.66. The number of hydrogen-bond acceptors (Lipinski definition) is 2. The molecule has 0 heterocycles. The summed E-state index contributed by atoms with van der Waals surface area (Å²) < 4.78 is 0. The first-order valence-electron chi connectivity index (χ1n) is 2.14. The van der Waals surface area contributed by atoms with Gasteiger partial charge in [0.05, 0.1) is 0 Å². The highest BCUT2D eigenvalue weighted by molar-refractivity contribution is 8.94. The summed E-state index contributed by atoms with van der Waals surface area (Å²) in [5.74, 6) is 1.32. The molecule has 44 valence electrons. The quantitative estimate of drug-likeness (QED) is 0.472. The Bertz CT molecular complexity index is 30.1. The van der Waals surface area contributed by atoms with E-state index in [4.69, 9.17) is 0 Å². The Balaban J connectivity index is 2.45. The SMILES string of the molecule is CCCSPSP. The first kappa shape index (κ1) is 8.56. The maximum absolute atomic E-state index is 2.66. The van der Waals surface area contributed by atoms with Crippen LogP contribution in [0.15, 0.2) is 0 Å². The molecule has 0 N–H and O–H groups in total. The smallest absolute Gasteiger partial charge is 0.00203 e. The molecule has 0 aromatic rings. The van der Waals surface area contributed by atoms with Crippen molar-refractivity contribution in [1.29, 1.82) is 0 Å². The molecule has 0 aromatic carbocycles. The Hall–Kier alpha value is 1.56. The molecular weight excluding hydrogens is 162 g/mol. The van der Waals surface area contributed by atoms with E-state index in [9.17, 15) is 0 Å². The van der Waals surface area contributed by atoms with Crippen LogP contribution in [0, 0.1) is 0 Å². The van der Waals surface area contributed by atoms with Crippen LogP contribution >= 0.6 is 37.8 Å². The molecule has 0 nitrogen and oxygen atoms in total. The zero-order chi connectivity index (χ0) is 5.54. The van der Waals surface area contributed by atoms with E-state index < -0.39 is 0 Å². The van der Waals surface area contributed by atoms with Crippen LogP contribution in [0.2, 0.25) is 0 Å². The monoisotopic (exact) mass is 172 g/mol. The van der Waals surface area contributed by atoms with E-state index in [1.54, 1.807) is 0 Å². The molecule has 0 aromatic heterocycles. The van der Waals surface area contributed by atoms with Crippen LogP contribution < -0.4 is 0 Å². The van der Waals surface area contributed by atoms with Crippen molar-refractivity contribution in [1.82, 2.24) is 0 Å². The fourth-order valence-corrected chi connectivity index (χ4v) is 4.80. The summed E-state index contributed by atoms with van der Waals surface area (Å²) >= 11 is 3.87. The lowest BCUT2D eigenvalue weighted by Gasteiger charge is -1.90. The van der Waals surface area contributed by atoms with E-state index in [0.29, 0.717) is 0 Å². The van der Waals surface area contributed by atoms with E-state index in [-0.39, 0.29) is 0 Å². The van der Waals surface area contributed by atoms with Crippen molar-refractivity contribution in [2.75, 3.05) is 5.75 Å². The summed E-state index contributed by atoms with van der Waals surface area (Å²) in [6, 6.07) is 0. The van der Waals surface area contributed by atoms with Gasteiger partial charge in [-0.3, -0.25) is 0 Å². The van der Waals surface area contributed by atoms with Gasteiger partial charge >= 0.3 is 0 Å². The Morgan fingerprint density at radius 3 is 2.86 bits per heavy atom. The van der Waals surface area contributed by atoms with Crippen LogP contribution in [0.4, 0.5) is 0 Å². The topological polar surface area (TPSA) is 0 Å². The Morgan fingerprint density at radius 2 is 2.43 bits per heavy atom. The maximum atomic E-state index is 2.66. The molecule has 4 heteroatoms. The lowest BCUT2D eigenvalue weighted by Crippen LogP contribution is -1.61. The van der Waals surface area contributed by atoms with Gasteiger partial charge in [0.2, 0.25) is 0 Å². The van der Waals surface area contributed by atoms with Gasteiger partial charge in [-0.05, 0) is 12.2 Å². The van der Waals surface area contributed by atoms with Crippen LogP contribution in [-0.2, 0) is 0 Å². The molecule has 0 amide bonds. The zero-order valence-corrected chi connectivity index (χ0v) is 8.10. The minimum atomic E-state index is 1.02. The second-order valence-corrected chi connectivity index (χ2v) is 7.84. The molecule has 0 radical (unpaired) electrons. The van der Waals surface area contributed by atoms with Crippen LogP contribution in [0.3, 0.4) is 0 Å². The minimum Gasteiger partial charge on any atom is -0.126 e. The maximum Gasteiger partial charge on any atom is 0.00203 e. The Labute approximate surface area is 57.2 Å². The van der Waals surface area contributed by atoms with Gasteiger partial charge in [0.15, 0.2) is 0 Å². The Morgan fingerprint density at radius 1 is 1.71 bits per heavy atom. The third-order valence-electron chi connectivity index (χ3n) is 0.413. The molecule has 0 aliphatic carbocycles. The molecule has 0 spiro atoms. The van der Waals surface area contributed by atoms with Gasteiger partial charge in [-0.25, -0.2) is 0 Å². The molecule has 0 aliphatic rings. The highest BCUT2D eigenvalue weighted by Crippen LogP contribution is 2.46. The van der Waals surface area contributed by atoms with Crippen molar-refractivity contribution in [3.05, 3.63) is 0 Å². The molecule has 0 saturated heterocycles. The minimum absolute atomic E-state index is 1.02. The highest BCUT2D eigenvalue weighted by Gasteiger charge is 1.80. The normalized spacial score (nSPS) is 11.1. The fraction of sp³-hybridized carbons (Fsp3) is 1.00. The van der Waals surface area contributed by atoms with Crippen molar-refractivity contribution >= 4 is 37.8 Å². The summed E-state index contributed by atoms with van der Waals surface area (Å²) in [6.07, 6.45) is 1.31. The van der Waals surface area contributed by atoms with Crippen LogP contribution in [0.5, 0.6) is 0 Å². The molecule has 0 rings (SSSR count). The van der Waals surface area contributed by atoms with Crippen LogP contribution in [0.1, 0.15) is 13.3 Å². The van der Waals surface area contributed by atoms with E-state index in [0.717, 1.165) is 6.98 Å². The molecule has 7 heavy (non-hydrogen) atoms. The largest absolute Gasteiger partial charge is 0.126 e. The predicted octanol–water partition coefficient (Wildman–Crippen LogP) is 3.16. The average molecular weight is 172 g/mol. The van der Waals surface area contributed by atoms with Gasteiger partial charge in [0, 0.05) is 6.98 Å². The van der Waals surface area contributed by atoms with Crippen molar-refractivity contribution in [2.24, 2.45) is 0 Å².